The standard InChI is InChI=1S/C19H25NO/c1-14-9-10-19(15(2)11-14)16(3)20-18(13-21)12-17-7-5-4-6-8-17/h4-11,16,18,20-21H,12-13H2,1-3H3/t16?,18-/m0/s1. The van der Waals surface area contributed by atoms with E-state index in [0.29, 0.717) is 0 Å². The van der Waals surface area contributed by atoms with Crippen molar-refractivity contribution in [3.63, 3.8) is 0 Å². The fourth-order valence-corrected chi connectivity index (χ4v) is 2.83. The second kappa shape index (κ2) is 7.39. The minimum absolute atomic E-state index is 0.0723. The van der Waals surface area contributed by atoms with Gasteiger partial charge >= 0.3 is 0 Å². The fraction of sp³-hybridized carbons (Fsp3) is 0.368. The fourth-order valence-electron chi connectivity index (χ4n) is 2.83. The third-order valence-corrected chi connectivity index (χ3v) is 3.92. The summed E-state index contributed by atoms with van der Waals surface area (Å²) in [5.74, 6) is 0. The van der Waals surface area contributed by atoms with Crippen LogP contribution in [0, 0.1) is 13.8 Å². The molecular weight excluding hydrogens is 258 g/mol. The van der Waals surface area contributed by atoms with Gasteiger partial charge in [-0.15, -0.1) is 0 Å². The van der Waals surface area contributed by atoms with Crippen LogP contribution >= 0.6 is 0 Å². The van der Waals surface area contributed by atoms with Crippen LogP contribution in [0.5, 0.6) is 0 Å². The highest BCUT2D eigenvalue weighted by atomic mass is 16.3. The van der Waals surface area contributed by atoms with Gasteiger partial charge in [0.25, 0.3) is 0 Å². The predicted molar refractivity (Wildman–Crippen MR) is 88.5 cm³/mol. The van der Waals surface area contributed by atoms with Gasteiger partial charge in [-0.2, -0.15) is 0 Å². The summed E-state index contributed by atoms with van der Waals surface area (Å²) in [4.78, 5) is 0. The van der Waals surface area contributed by atoms with E-state index in [-0.39, 0.29) is 18.7 Å². The largest absolute Gasteiger partial charge is 0.395 e. The molecule has 2 N–H and O–H groups in total. The van der Waals surface area contributed by atoms with E-state index in [1.807, 2.05) is 18.2 Å². The summed E-state index contributed by atoms with van der Waals surface area (Å²) in [6, 6.07) is 17.1. The van der Waals surface area contributed by atoms with Crippen LogP contribution in [0.25, 0.3) is 0 Å². The Morgan fingerprint density at radius 3 is 2.38 bits per heavy atom. The summed E-state index contributed by atoms with van der Waals surface area (Å²) in [5.41, 5.74) is 5.13. The summed E-state index contributed by atoms with van der Waals surface area (Å²) in [7, 11) is 0. The summed E-state index contributed by atoms with van der Waals surface area (Å²) in [6.07, 6.45) is 0.840. The molecule has 2 aromatic carbocycles. The molecule has 112 valence electrons. The lowest BCUT2D eigenvalue weighted by Gasteiger charge is -2.23. The Balaban J connectivity index is 2.04. The Morgan fingerprint density at radius 1 is 1.05 bits per heavy atom. The first-order valence-corrected chi connectivity index (χ1v) is 7.58. The van der Waals surface area contributed by atoms with Crippen LogP contribution in [0.15, 0.2) is 48.5 Å². The van der Waals surface area contributed by atoms with E-state index in [1.165, 1.54) is 22.3 Å². The molecule has 0 aliphatic rings. The zero-order valence-electron chi connectivity index (χ0n) is 13.1. The number of rotatable bonds is 6. The molecule has 0 radical (unpaired) electrons. The Hall–Kier alpha value is -1.64. The summed E-state index contributed by atoms with van der Waals surface area (Å²) >= 11 is 0. The van der Waals surface area contributed by atoms with E-state index < -0.39 is 0 Å². The molecule has 0 fully saturated rings. The normalized spacial score (nSPS) is 13.9. The monoisotopic (exact) mass is 283 g/mol. The van der Waals surface area contributed by atoms with Crippen LogP contribution in [0.4, 0.5) is 0 Å². The van der Waals surface area contributed by atoms with E-state index in [0.717, 1.165) is 6.42 Å². The molecule has 0 aromatic heterocycles. The quantitative estimate of drug-likeness (QED) is 0.849. The van der Waals surface area contributed by atoms with Gasteiger partial charge in [0, 0.05) is 12.1 Å². The zero-order chi connectivity index (χ0) is 15.2. The van der Waals surface area contributed by atoms with Gasteiger partial charge in [0.1, 0.15) is 0 Å². The molecule has 0 spiro atoms. The van der Waals surface area contributed by atoms with Crippen molar-refractivity contribution < 1.29 is 5.11 Å². The number of hydrogen-bond acceptors (Lipinski definition) is 2. The van der Waals surface area contributed by atoms with Gasteiger partial charge in [-0.3, -0.25) is 0 Å². The second-order valence-electron chi connectivity index (χ2n) is 5.82. The summed E-state index contributed by atoms with van der Waals surface area (Å²) in [6.45, 7) is 6.56. The van der Waals surface area contributed by atoms with Crippen molar-refractivity contribution >= 4 is 0 Å². The van der Waals surface area contributed by atoms with Gasteiger partial charge in [-0.25, -0.2) is 0 Å². The number of nitrogens with one attached hydrogen (secondary N) is 1. The smallest absolute Gasteiger partial charge is 0.0588 e. The van der Waals surface area contributed by atoms with E-state index in [4.69, 9.17) is 0 Å². The molecule has 0 saturated carbocycles. The van der Waals surface area contributed by atoms with Crippen molar-refractivity contribution in [2.75, 3.05) is 6.61 Å². The Morgan fingerprint density at radius 2 is 1.76 bits per heavy atom. The topological polar surface area (TPSA) is 32.3 Å². The van der Waals surface area contributed by atoms with Gasteiger partial charge < -0.3 is 10.4 Å². The van der Waals surface area contributed by atoms with E-state index in [9.17, 15) is 5.11 Å². The molecule has 0 aliphatic carbocycles. The highest BCUT2D eigenvalue weighted by Crippen LogP contribution is 2.19. The van der Waals surface area contributed by atoms with Crippen molar-refractivity contribution in [2.24, 2.45) is 0 Å². The molecule has 1 unspecified atom stereocenters. The molecule has 0 heterocycles. The van der Waals surface area contributed by atoms with Crippen LogP contribution < -0.4 is 5.32 Å². The Bertz CT molecular complexity index is 565. The maximum absolute atomic E-state index is 9.63. The third-order valence-electron chi connectivity index (χ3n) is 3.92. The Kier molecular flexibility index (Phi) is 5.54. The van der Waals surface area contributed by atoms with Crippen molar-refractivity contribution in [3.05, 3.63) is 70.8 Å². The number of hydrogen-bond donors (Lipinski definition) is 2. The first-order valence-electron chi connectivity index (χ1n) is 7.58. The van der Waals surface area contributed by atoms with Crippen LogP contribution in [-0.2, 0) is 6.42 Å². The number of aryl methyl sites for hydroxylation is 2. The molecule has 0 amide bonds. The van der Waals surface area contributed by atoms with Crippen molar-refractivity contribution in [3.8, 4) is 0 Å². The molecule has 0 saturated heterocycles. The number of aliphatic hydroxyl groups is 1. The van der Waals surface area contributed by atoms with E-state index in [2.05, 4.69) is 56.4 Å². The first kappa shape index (κ1) is 15.7. The highest BCUT2D eigenvalue weighted by molar-refractivity contribution is 5.32. The molecule has 2 heteroatoms. The molecule has 2 atom stereocenters. The maximum atomic E-state index is 9.63. The molecule has 21 heavy (non-hydrogen) atoms. The van der Waals surface area contributed by atoms with Crippen molar-refractivity contribution in [1.29, 1.82) is 0 Å². The minimum atomic E-state index is 0.0723. The highest BCUT2D eigenvalue weighted by Gasteiger charge is 2.14. The average Bonchev–Trinajstić information content (AvgIpc) is 2.47. The van der Waals surface area contributed by atoms with Crippen LogP contribution in [0.2, 0.25) is 0 Å². The van der Waals surface area contributed by atoms with Crippen molar-refractivity contribution in [1.82, 2.24) is 5.32 Å². The number of aliphatic hydroxyl groups excluding tert-OH is 1. The maximum Gasteiger partial charge on any atom is 0.0588 e. The lowest BCUT2D eigenvalue weighted by Crippen LogP contribution is -2.36. The van der Waals surface area contributed by atoms with Gasteiger partial charge in [0.2, 0.25) is 0 Å². The van der Waals surface area contributed by atoms with E-state index in [1.54, 1.807) is 0 Å². The SMILES string of the molecule is Cc1ccc(C(C)N[C@H](CO)Cc2ccccc2)c(C)c1. The van der Waals surface area contributed by atoms with Crippen molar-refractivity contribution in [2.45, 2.75) is 39.3 Å². The molecule has 2 aromatic rings. The van der Waals surface area contributed by atoms with Gasteiger partial charge in [-0.05, 0) is 43.9 Å². The van der Waals surface area contributed by atoms with Crippen LogP contribution in [0.1, 0.15) is 35.2 Å². The summed E-state index contributed by atoms with van der Waals surface area (Å²) < 4.78 is 0. The first-order chi connectivity index (χ1) is 10.1. The van der Waals surface area contributed by atoms with Gasteiger partial charge in [-0.1, -0.05) is 54.1 Å². The molecule has 0 aliphatic heterocycles. The molecule has 2 rings (SSSR count). The van der Waals surface area contributed by atoms with Crippen LogP contribution in [0.3, 0.4) is 0 Å². The predicted octanol–water partition coefficient (Wildman–Crippen LogP) is 3.56. The minimum Gasteiger partial charge on any atom is -0.395 e. The molecule has 2 nitrogen and oxygen atoms in total. The lowest BCUT2D eigenvalue weighted by atomic mass is 9.98. The lowest BCUT2D eigenvalue weighted by molar-refractivity contribution is 0.232. The zero-order valence-corrected chi connectivity index (χ0v) is 13.1. The van der Waals surface area contributed by atoms with E-state index >= 15 is 0 Å². The molecular formula is C19H25NO. The molecule has 0 bridgehead atoms. The average molecular weight is 283 g/mol. The Labute approximate surface area is 127 Å². The van der Waals surface area contributed by atoms with Gasteiger partial charge in [0.05, 0.1) is 6.61 Å². The van der Waals surface area contributed by atoms with Crippen LogP contribution in [-0.4, -0.2) is 17.8 Å². The second-order valence-corrected chi connectivity index (χ2v) is 5.82. The number of benzene rings is 2. The third kappa shape index (κ3) is 4.42. The van der Waals surface area contributed by atoms with Gasteiger partial charge in [0.15, 0.2) is 0 Å². The summed E-state index contributed by atoms with van der Waals surface area (Å²) in [5, 5.41) is 13.2.